The van der Waals surface area contributed by atoms with Gasteiger partial charge in [-0.15, -0.1) is 0 Å². The van der Waals surface area contributed by atoms with E-state index in [1.807, 2.05) is 17.0 Å². The van der Waals surface area contributed by atoms with Gasteiger partial charge in [0.2, 0.25) is 5.95 Å². The summed E-state index contributed by atoms with van der Waals surface area (Å²) in [7, 11) is 1.75. The first-order valence-corrected chi connectivity index (χ1v) is 10.6. The SMILES string of the molecule is CN1C(=O)N(C2(C)CCNc3ccccc32)Cc2cnc(Nc3cnn(CCO)c3)nc21. The fourth-order valence-electron chi connectivity index (χ4n) is 4.50. The second-order valence-electron chi connectivity index (χ2n) is 8.31. The molecule has 32 heavy (non-hydrogen) atoms. The number of anilines is 4. The Hall–Kier alpha value is -3.66. The van der Waals surface area contributed by atoms with Gasteiger partial charge in [0.05, 0.1) is 37.1 Å². The van der Waals surface area contributed by atoms with E-state index in [0.29, 0.717) is 30.5 Å². The summed E-state index contributed by atoms with van der Waals surface area (Å²) in [4.78, 5) is 26.0. The van der Waals surface area contributed by atoms with Crippen molar-refractivity contribution < 1.29 is 9.90 Å². The molecule has 0 fully saturated rings. The molecule has 10 nitrogen and oxygen atoms in total. The molecule has 4 heterocycles. The van der Waals surface area contributed by atoms with Gasteiger partial charge < -0.3 is 20.6 Å². The van der Waals surface area contributed by atoms with Crippen molar-refractivity contribution in [3.63, 3.8) is 0 Å². The van der Waals surface area contributed by atoms with Crippen LogP contribution in [-0.4, -0.2) is 56.0 Å². The number of hydrogen-bond donors (Lipinski definition) is 3. The normalized spacial score (nSPS) is 19.9. The number of nitrogens with one attached hydrogen (secondary N) is 2. The number of fused-ring (bicyclic) bond motifs is 2. The summed E-state index contributed by atoms with van der Waals surface area (Å²) in [5.74, 6) is 0.983. The van der Waals surface area contributed by atoms with Gasteiger partial charge in [0, 0.05) is 42.8 Å². The molecule has 0 spiro atoms. The fourth-order valence-corrected chi connectivity index (χ4v) is 4.50. The van der Waals surface area contributed by atoms with Gasteiger partial charge in [0.25, 0.3) is 0 Å². The molecule has 2 aliphatic heterocycles. The van der Waals surface area contributed by atoms with E-state index >= 15 is 0 Å². The first-order valence-electron chi connectivity index (χ1n) is 10.6. The lowest BCUT2D eigenvalue weighted by Crippen LogP contribution is -2.56. The first kappa shape index (κ1) is 20.3. The third-order valence-corrected chi connectivity index (χ3v) is 6.25. The smallest absolute Gasteiger partial charge is 0.326 e. The van der Waals surface area contributed by atoms with Crippen molar-refractivity contribution in [1.82, 2.24) is 24.6 Å². The van der Waals surface area contributed by atoms with Crippen molar-refractivity contribution in [1.29, 1.82) is 0 Å². The van der Waals surface area contributed by atoms with Crippen molar-refractivity contribution in [3.05, 3.63) is 54.0 Å². The van der Waals surface area contributed by atoms with E-state index in [2.05, 4.69) is 44.8 Å². The van der Waals surface area contributed by atoms with E-state index < -0.39 is 5.54 Å². The Balaban J connectivity index is 1.43. The molecule has 0 saturated carbocycles. The Morgan fingerprint density at radius 3 is 2.97 bits per heavy atom. The van der Waals surface area contributed by atoms with Crippen LogP contribution < -0.4 is 15.5 Å². The van der Waals surface area contributed by atoms with Crippen molar-refractivity contribution in [2.45, 2.75) is 32.0 Å². The van der Waals surface area contributed by atoms with E-state index in [1.165, 1.54) is 0 Å². The van der Waals surface area contributed by atoms with Gasteiger partial charge in [-0.05, 0) is 19.4 Å². The minimum absolute atomic E-state index is 0.0132. The number of para-hydroxylation sites is 1. The van der Waals surface area contributed by atoms with Crippen LogP contribution in [0.4, 0.5) is 27.9 Å². The summed E-state index contributed by atoms with van der Waals surface area (Å²) >= 11 is 0. The maximum absolute atomic E-state index is 13.5. The number of aromatic nitrogens is 4. The molecule has 3 N–H and O–H groups in total. The third-order valence-electron chi connectivity index (χ3n) is 6.25. The molecule has 5 rings (SSSR count). The van der Waals surface area contributed by atoms with Gasteiger partial charge in [-0.25, -0.2) is 9.78 Å². The number of aliphatic hydroxyl groups is 1. The zero-order valence-corrected chi connectivity index (χ0v) is 18.1. The average molecular weight is 435 g/mol. The maximum Gasteiger partial charge on any atom is 0.326 e. The summed E-state index contributed by atoms with van der Waals surface area (Å²) in [6, 6.07) is 8.08. The second kappa shape index (κ2) is 7.79. The molecule has 0 bridgehead atoms. The summed E-state index contributed by atoms with van der Waals surface area (Å²) in [6.45, 7) is 3.80. The molecule has 0 radical (unpaired) electrons. The van der Waals surface area contributed by atoms with Crippen LogP contribution in [0.1, 0.15) is 24.5 Å². The lowest BCUT2D eigenvalue weighted by molar-refractivity contribution is 0.111. The summed E-state index contributed by atoms with van der Waals surface area (Å²) in [5.41, 5.74) is 3.37. The van der Waals surface area contributed by atoms with Crippen molar-refractivity contribution in [2.24, 2.45) is 0 Å². The van der Waals surface area contributed by atoms with Gasteiger partial charge in [-0.2, -0.15) is 10.1 Å². The highest BCUT2D eigenvalue weighted by Crippen LogP contribution is 2.43. The topological polar surface area (TPSA) is 111 Å². The van der Waals surface area contributed by atoms with Crippen LogP contribution in [0.5, 0.6) is 0 Å². The standard InChI is InChI=1S/C22H26N8O2/c1-22(7-8-23-18-6-4-3-5-17(18)22)30-13-15-11-24-20(27-19(15)28(2)21(30)32)26-16-12-25-29(14-16)9-10-31/h3-6,11-12,14,23,31H,7-10,13H2,1-2H3,(H,24,26,27). The minimum atomic E-state index is -0.427. The highest BCUT2D eigenvalue weighted by molar-refractivity contribution is 5.94. The highest BCUT2D eigenvalue weighted by atomic mass is 16.3. The van der Waals surface area contributed by atoms with E-state index in [1.54, 1.807) is 35.2 Å². The van der Waals surface area contributed by atoms with Gasteiger partial charge in [-0.1, -0.05) is 18.2 Å². The number of carbonyl (C=O) groups is 1. The van der Waals surface area contributed by atoms with E-state index in [0.717, 1.165) is 29.8 Å². The lowest BCUT2D eigenvalue weighted by Gasteiger charge is -2.48. The van der Waals surface area contributed by atoms with E-state index in [9.17, 15) is 4.79 Å². The molecule has 2 aromatic heterocycles. The highest BCUT2D eigenvalue weighted by Gasteiger charge is 2.44. The molecular weight excluding hydrogens is 408 g/mol. The van der Waals surface area contributed by atoms with Gasteiger partial charge >= 0.3 is 6.03 Å². The Morgan fingerprint density at radius 2 is 2.12 bits per heavy atom. The number of carbonyl (C=O) groups excluding carboxylic acids is 1. The molecule has 2 aliphatic rings. The van der Waals surface area contributed by atoms with Crippen LogP contribution in [0.3, 0.4) is 0 Å². The lowest BCUT2D eigenvalue weighted by atomic mass is 9.82. The fraction of sp³-hybridized carbons (Fsp3) is 0.364. The zero-order valence-electron chi connectivity index (χ0n) is 18.1. The molecule has 2 amide bonds. The van der Waals surface area contributed by atoms with Gasteiger partial charge in [-0.3, -0.25) is 9.58 Å². The molecule has 3 aromatic rings. The molecule has 10 heteroatoms. The predicted molar refractivity (Wildman–Crippen MR) is 121 cm³/mol. The average Bonchev–Trinajstić information content (AvgIpc) is 3.24. The van der Waals surface area contributed by atoms with Crippen LogP contribution in [0, 0.1) is 0 Å². The van der Waals surface area contributed by atoms with E-state index in [-0.39, 0.29) is 12.6 Å². The monoisotopic (exact) mass is 434 g/mol. The number of nitrogens with zero attached hydrogens (tertiary/aromatic N) is 6. The number of hydrogen-bond acceptors (Lipinski definition) is 7. The Labute approximate surface area is 185 Å². The summed E-state index contributed by atoms with van der Waals surface area (Å²) in [6.07, 6.45) is 6.00. The van der Waals surface area contributed by atoms with Crippen LogP contribution >= 0.6 is 0 Å². The summed E-state index contributed by atoms with van der Waals surface area (Å²) in [5, 5.41) is 19.8. The first-order chi connectivity index (χ1) is 15.5. The Morgan fingerprint density at radius 1 is 1.28 bits per heavy atom. The predicted octanol–water partition coefficient (Wildman–Crippen LogP) is 2.51. The van der Waals surface area contributed by atoms with Crippen LogP contribution in [0.2, 0.25) is 0 Å². The molecule has 1 atom stereocenters. The molecule has 0 aliphatic carbocycles. The van der Waals surface area contributed by atoms with Crippen LogP contribution in [0.15, 0.2) is 42.9 Å². The van der Waals surface area contributed by atoms with Crippen molar-refractivity contribution in [2.75, 3.05) is 35.7 Å². The minimum Gasteiger partial charge on any atom is -0.394 e. The number of benzene rings is 1. The molecule has 1 unspecified atom stereocenters. The summed E-state index contributed by atoms with van der Waals surface area (Å²) < 4.78 is 1.63. The van der Waals surface area contributed by atoms with Gasteiger partial charge in [0.1, 0.15) is 5.82 Å². The zero-order chi connectivity index (χ0) is 22.3. The molecule has 166 valence electrons. The van der Waals surface area contributed by atoms with Crippen LogP contribution in [0.25, 0.3) is 0 Å². The van der Waals surface area contributed by atoms with E-state index in [4.69, 9.17) is 5.11 Å². The van der Waals surface area contributed by atoms with Crippen molar-refractivity contribution in [3.8, 4) is 0 Å². The van der Waals surface area contributed by atoms with Crippen LogP contribution in [-0.2, 0) is 18.6 Å². The number of urea groups is 1. The quantitative estimate of drug-likeness (QED) is 0.566. The molecule has 1 aromatic carbocycles. The van der Waals surface area contributed by atoms with Gasteiger partial charge in [0.15, 0.2) is 0 Å². The largest absolute Gasteiger partial charge is 0.394 e. The van der Waals surface area contributed by atoms with Crippen molar-refractivity contribution >= 4 is 29.2 Å². The number of amides is 2. The molecular formula is C22H26N8O2. The second-order valence-corrected chi connectivity index (χ2v) is 8.31. The number of rotatable bonds is 5. The maximum atomic E-state index is 13.5. The number of aliphatic hydroxyl groups excluding tert-OH is 1. The Kier molecular flexibility index (Phi) is 4.93. The molecule has 0 saturated heterocycles. The third kappa shape index (κ3) is 3.32. The Bertz CT molecular complexity index is 1160.